The molecule has 0 bridgehead atoms. The van der Waals surface area contributed by atoms with E-state index in [1.165, 1.54) is 31.2 Å². The molecule has 0 atom stereocenters. The number of aliphatic carboxylic acids is 1. The van der Waals surface area contributed by atoms with E-state index in [1.807, 2.05) is 30.3 Å². The summed E-state index contributed by atoms with van der Waals surface area (Å²) < 4.78 is 14.5. The summed E-state index contributed by atoms with van der Waals surface area (Å²) in [6, 6.07) is 14.7. The van der Waals surface area contributed by atoms with Gasteiger partial charge in [0.25, 0.3) is 5.91 Å². The van der Waals surface area contributed by atoms with Gasteiger partial charge >= 0.3 is 11.9 Å². The Labute approximate surface area is 361 Å². The Balaban J connectivity index is 0.000000192. The predicted molar refractivity (Wildman–Crippen MR) is 240 cm³/mol. The second-order valence-corrected chi connectivity index (χ2v) is 16.3. The van der Waals surface area contributed by atoms with Crippen molar-refractivity contribution in [1.82, 2.24) is 19.8 Å². The third kappa shape index (κ3) is 9.64. The van der Waals surface area contributed by atoms with Gasteiger partial charge in [0.05, 0.1) is 53.0 Å². The Bertz CT molecular complexity index is 2530. The van der Waals surface area contributed by atoms with Crippen molar-refractivity contribution in [2.75, 3.05) is 13.1 Å². The molecule has 12 heteroatoms. The van der Waals surface area contributed by atoms with Gasteiger partial charge in [-0.15, -0.1) is 13.2 Å². The molecule has 2 aliphatic carbocycles. The zero-order valence-corrected chi connectivity index (χ0v) is 35.2. The number of carbonyl (C=O) groups excluding carboxylic acids is 2. The average molecular weight is 841 g/mol. The molecule has 2 aromatic carbocycles. The average Bonchev–Trinajstić information content (AvgIpc) is 4.11. The highest BCUT2D eigenvalue weighted by atomic mass is 16.4. The number of nitrogens with one attached hydrogen (secondary N) is 2. The number of rotatable bonds is 16. The van der Waals surface area contributed by atoms with Gasteiger partial charge in [-0.2, -0.15) is 0 Å². The van der Waals surface area contributed by atoms with E-state index in [0.29, 0.717) is 42.4 Å². The first-order valence-electron chi connectivity index (χ1n) is 21.8. The van der Waals surface area contributed by atoms with Crippen LogP contribution in [0.2, 0.25) is 0 Å². The van der Waals surface area contributed by atoms with Gasteiger partial charge in [0, 0.05) is 40.6 Å². The maximum atomic E-state index is 13.0. The van der Waals surface area contributed by atoms with Crippen LogP contribution in [0.25, 0.3) is 44.3 Å². The molecule has 4 heterocycles. The highest BCUT2D eigenvalue weighted by Gasteiger charge is 2.30. The van der Waals surface area contributed by atoms with Gasteiger partial charge in [-0.1, -0.05) is 62.8 Å². The number of carboxylic acids is 2. The molecule has 6 aromatic rings. The van der Waals surface area contributed by atoms with Gasteiger partial charge in [-0.05, 0) is 97.9 Å². The smallest absolute Gasteiger partial charge is 0.335 e. The third-order valence-electron chi connectivity index (χ3n) is 12.2. The van der Waals surface area contributed by atoms with E-state index in [0.717, 1.165) is 89.3 Å². The summed E-state index contributed by atoms with van der Waals surface area (Å²) in [5.74, 6) is -1.44. The van der Waals surface area contributed by atoms with E-state index in [-0.39, 0.29) is 30.5 Å². The highest BCUT2D eigenvalue weighted by Crippen LogP contribution is 2.46. The summed E-state index contributed by atoms with van der Waals surface area (Å²) >= 11 is 0. The predicted octanol–water partition coefficient (Wildman–Crippen LogP) is 10.7. The lowest BCUT2D eigenvalue weighted by atomic mass is 9.82. The standard InChI is InChI=1S/C29H35N3O3.C21H21NO5/c1-3-5-15-30-26(33)19-32-25-18-22(29(34)31-16-6-4-2)12-13-24(25)27(21-10-8-7-9-11-21)28(32)23-14-17-35-20-23;23-18(24)11-22-17-10-14(21(25)26)6-7-16(17)19(13-4-2-1-3-5-13)20(22)15-8-9-27-12-15/h3-4,12-14,17-18,20-21H,1-2,5-11,15-16,19H2,(H,30,33)(H,31,34);6-10,12-13H,1-5,11H2,(H,23,24)(H,25,26). The Hall–Kier alpha value is -6.56. The van der Waals surface area contributed by atoms with Crippen LogP contribution in [0.4, 0.5) is 0 Å². The zero-order valence-electron chi connectivity index (χ0n) is 35.2. The SMILES string of the molecule is C=CCCNC(=O)Cn1c(-c2ccoc2)c(C2CCCCC2)c2ccc(C(=O)NCCC=C)cc21.O=C(O)Cn1c(-c2ccoc2)c(C2CCCCC2)c2ccc(C(=O)O)cc21. The molecule has 0 radical (unpaired) electrons. The fourth-order valence-electron chi connectivity index (χ4n) is 9.42. The molecule has 8 rings (SSSR count). The van der Waals surface area contributed by atoms with Crippen molar-refractivity contribution in [1.29, 1.82) is 0 Å². The van der Waals surface area contributed by atoms with Crippen molar-refractivity contribution in [3.05, 3.63) is 121 Å². The van der Waals surface area contributed by atoms with Gasteiger partial charge in [0.2, 0.25) is 5.91 Å². The van der Waals surface area contributed by atoms with E-state index in [9.17, 15) is 29.4 Å². The second-order valence-electron chi connectivity index (χ2n) is 16.3. The summed E-state index contributed by atoms with van der Waals surface area (Å²) in [6.07, 6.45) is 23.2. The molecular formula is C50H56N4O8. The quantitative estimate of drug-likeness (QED) is 0.0551. The molecule has 0 spiro atoms. The number of nitrogens with zero attached hydrogens (tertiary/aromatic N) is 2. The summed E-state index contributed by atoms with van der Waals surface area (Å²) in [5.41, 5.74) is 8.29. The van der Waals surface area contributed by atoms with Gasteiger partial charge < -0.3 is 38.8 Å². The van der Waals surface area contributed by atoms with E-state index in [1.54, 1.807) is 53.9 Å². The fourth-order valence-corrected chi connectivity index (χ4v) is 9.42. The minimum Gasteiger partial charge on any atom is -0.480 e. The number of carbonyl (C=O) groups is 4. The maximum Gasteiger partial charge on any atom is 0.335 e. The largest absolute Gasteiger partial charge is 0.480 e. The van der Waals surface area contributed by atoms with Crippen molar-refractivity contribution < 1.29 is 38.2 Å². The first-order valence-corrected chi connectivity index (χ1v) is 21.8. The lowest BCUT2D eigenvalue weighted by molar-refractivity contribution is -0.137. The first-order chi connectivity index (χ1) is 30.2. The Morgan fingerprint density at radius 1 is 0.645 bits per heavy atom. The first kappa shape index (κ1) is 43.5. The minimum atomic E-state index is -1.02. The molecular weight excluding hydrogens is 785 g/mol. The molecule has 2 fully saturated rings. The van der Waals surface area contributed by atoms with E-state index in [4.69, 9.17) is 8.83 Å². The van der Waals surface area contributed by atoms with Crippen molar-refractivity contribution in [2.24, 2.45) is 0 Å². The molecule has 4 aromatic heterocycles. The second kappa shape index (κ2) is 20.3. The normalized spacial score (nSPS) is 14.6. The minimum absolute atomic E-state index is 0.0653. The monoisotopic (exact) mass is 840 g/mol. The maximum absolute atomic E-state index is 13.0. The van der Waals surface area contributed by atoms with Gasteiger partial charge in [-0.25, -0.2) is 4.79 Å². The van der Waals surface area contributed by atoms with Crippen LogP contribution in [-0.2, 0) is 22.7 Å². The molecule has 0 aliphatic heterocycles. The van der Waals surface area contributed by atoms with Crippen LogP contribution in [0.1, 0.15) is 121 Å². The number of aromatic carboxylic acids is 1. The molecule has 2 saturated carbocycles. The molecule has 0 saturated heterocycles. The van der Waals surface area contributed by atoms with Crippen LogP contribution in [0, 0.1) is 0 Å². The van der Waals surface area contributed by atoms with Gasteiger partial charge in [0.15, 0.2) is 0 Å². The Morgan fingerprint density at radius 3 is 1.60 bits per heavy atom. The van der Waals surface area contributed by atoms with Crippen molar-refractivity contribution >= 4 is 45.6 Å². The fraction of sp³-hybridized carbons (Fsp3) is 0.360. The number of benzene rings is 2. The van der Waals surface area contributed by atoms with Crippen LogP contribution >= 0.6 is 0 Å². The van der Waals surface area contributed by atoms with Gasteiger partial charge in [0.1, 0.15) is 13.1 Å². The highest BCUT2D eigenvalue weighted by molar-refractivity contribution is 6.02. The molecule has 2 amide bonds. The third-order valence-corrected chi connectivity index (χ3v) is 12.2. The van der Waals surface area contributed by atoms with Gasteiger partial charge in [-0.3, -0.25) is 14.4 Å². The summed E-state index contributed by atoms with van der Waals surface area (Å²) in [6.45, 7) is 8.47. The summed E-state index contributed by atoms with van der Waals surface area (Å²) in [5, 5.41) is 26.8. The Morgan fingerprint density at radius 2 is 1.13 bits per heavy atom. The molecule has 0 unspecified atom stereocenters. The number of aromatic nitrogens is 2. The van der Waals surface area contributed by atoms with E-state index >= 15 is 0 Å². The lowest BCUT2D eigenvalue weighted by Gasteiger charge is -2.23. The van der Waals surface area contributed by atoms with Crippen LogP contribution in [0.3, 0.4) is 0 Å². The molecule has 2 aliphatic rings. The number of carboxylic acid groups (broad SMARTS) is 2. The number of hydrogen-bond donors (Lipinski definition) is 4. The van der Waals surface area contributed by atoms with E-state index < -0.39 is 11.9 Å². The number of fused-ring (bicyclic) bond motifs is 2. The van der Waals surface area contributed by atoms with Crippen LogP contribution in [-0.4, -0.2) is 56.2 Å². The number of furan rings is 2. The molecule has 12 nitrogen and oxygen atoms in total. The van der Waals surface area contributed by atoms with Crippen molar-refractivity contribution in [2.45, 2.75) is 102 Å². The molecule has 62 heavy (non-hydrogen) atoms. The molecule has 324 valence electrons. The van der Waals surface area contributed by atoms with Crippen molar-refractivity contribution in [3.8, 4) is 22.5 Å². The zero-order chi connectivity index (χ0) is 43.6. The lowest BCUT2D eigenvalue weighted by Crippen LogP contribution is -2.28. The number of hydrogen-bond acceptors (Lipinski definition) is 6. The van der Waals surface area contributed by atoms with Crippen LogP contribution in [0.15, 0.2) is 108 Å². The van der Waals surface area contributed by atoms with E-state index in [2.05, 4.69) is 34.4 Å². The molecule has 4 N–H and O–H groups in total. The van der Waals surface area contributed by atoms with Crippen LogP contribution < -0.4 is 10.6 Å². The van der Waals surface area contributed by atoms with Crippen molar-refractivity contribution in [3.63, 3.8) is 0 Å². The topological polar surface area (TPSA) is 169 Å². The Kier molecular flexibility index (Phi) is 14.3. The number of amides is 2. The summed E-state index contributed by atoms with van der Waals surface area (Å²) in [4.78, 5) is 48.8. The van der Waals surface area contributed by atoms with Crippen LogP contribution in [0.5, 0.6) is 0 Å². The summed E-state index contributed by atoms with van der Waals surface area (Å²) in [7, 11) is 0.